The molecule has 1 unspecified atom stereocenters. The number of aryl methyl sites for hydroxylation is 1. The number of alkyl halides is 3. The van der Waals surface area contributed by atoms with E-state index in [1.54, 1.807) is 12.1 Å². The maximum Gasteiger partial charge on any atom is 0.423 e. The van der Waals surface area contributed by atoms with E-state index < -0.39 is 11.8 Å². The number of ether oxygens (including phenoxy) is 1. The Morgan fingerprint density at radius 3 is 2.52 bits per heavy atom. The van der Waals surface area contributed by atoms with Crippen LogP contribution in [0.3, 0.4) is 0 Å². The normalized spacial score (nSPS) is 22.6. The summed E-state index contributed by atoms with van der Waals surface area (Å²) in [6.07, 6.45) is -3.65. The molecule has 7 heteroatoms. The number of halogens is 5. The maximum absolute atomic E-state index is 13.6. The first-order chi connectivity index (χ1) is 9.80. The van der Waals surface area contributed by atoms with Crippen LogP contribution in [0.25, 0.3) is 10.9 Å². The van der Waals surface area contributed by atoms with E-state index >= 15 is 0 Å². The Kier molecular flexibility index (Phi) is 3.43. The average molecular weight is 338 g/mol. The fourth-order valence-electron chi connectivity index (χ4n) is 3.09. The summed E-state index contributed by atoms with van der Waals surface area (Å²) < 4.78 is 45.6. The number of nitrogens with one attached hydrogen (secondary N) is 1. The minimum Gasteiger partial charge on any atom is -0.363 e. The van der Waals surface area contributed by atoms with Crippen molar-refractivity contribution in [3.05, 3.63) is 33.4 Å². The molecule has 1 aliphatic rings. The Bertz CT molecular complexity index is 710. The first-order valence-corrected chi connectivity index (χ1v) is 7.18. The van der Waals surface area contributed by atoms with Crippen LogP contribution in [-0.4, -0.2) is 18.3 Å². The number of fused-ring (bicyclic) bond motifs is 3. The van der Waals surface area contributed by atoms with Gasteiger partial charge in [-0.05, 0) is 37.0 Å². The minimum atomic E-state index is -4.49. The van der Waals surface area contributed by atoms with Crippen molar-refractivity contribution in [2.45, 2.75) is 31.0 Å². The van der Waals surface area contributed by atoms with Crippen LogP contribution in [0.5, 0.6) is 0 Å². The minimum absolute atomic E-state index is 0.0667. The van der Waals surface area contributed by atoms with E-state index in [0.29, 0.717) is 39.4 Å². The number of methoxy groups -OCH3 is 1. The number of aromatic amines is 1. The molecule has 3 rings (SSSR count). The second-order valence-electron chi connectivity index (χ2n) is 5.17. The molecular formula is C14H12Cl2F3NO. The summed E-state index contributed by atoms with van der Waals surface area (Å²) in [5.74, 6) is 0. The quantitative estimate of drug-likeness (QED) is 0.758. The first-order valence-electron chi connectivity index (χ1n) is 6.42. The van der Waals surface area contributed by atoms with Crippen LogP contribution in [0, 0.1) is 0 Å². The Morgan fingerprint density at radius 1 is 1.24 bits per heavy atom. The monoisotopic (exact) mass is 337 g/mol. The van der Waals surface area contributed by atoms with E-state index in [1.807, 2.05) is 0 Å². The van der Waals surface area contributed by atoms with Gasteiger partial charge in [-0.3, -0.25) is 0 Å². The largest absolute Gasteiger partial charge is 0.423 e. The third-order valence-electron chi connectivity index (χ3n) is 4.11. The highest BCUT2D eigenvalue weighted by Crippen LogP contribution is 2.50. The molecule has 1 aliphatic carbocycles. The van der Waals surface area contributed by atoms with E-state index in [-0.39, 0.29) is 12.1 Å². The Labute approximate surface area is 129 Å². The highest BCUT2D eigenvalue weighted by atomic mass is 35.5. The number of aromatic nitrogens is 1. The van der Waals surface area contributed by atoms with E-state index in [9.17, 15) is 13.2 Å². The van der Waals surface area contributed by atoms with Gasteiger partial charge in [-0.25, -0.2) is 0 Å². The highest BCUT2D eigenvalue weighted by Gasteiger charge is 2.59. The Balaban J connectivity index is 2.32. The fraction of sp³-hybridized carbons (Fsp3) is 0.429. The topological polar surface area (TPSA) is 25.0 Å². The van der Waals surface area contributed by atoms with Gasteiger partial charge in [0.2, 0.25) is 5.60 Å². The lowest BCUT2D eigenvalue weighted by Gasteiger charge is -2.37. The smallest absolute Gasteiger partial charge is 0.363 e. The zero-order valence-electron chi connectivity index (χ0n) is 11.1. The summed E-state index contributed by atoms with van der Waals surface area (Å²) in [4.78, 5) is 2.84. The molecular weight excluding hydrogens is 326 g/mol. The SMILES string of the molecule is COC1(C(F)(F)F)CCCc2c1[nH]c1cc(Cl)c(Cl)cc21. The second-order valence-corrected chi connectivity index (χ2v) is 5.99. The molecule has 2 aromatic rings. The van der Waals surface area contributed by atoms with Gasteiger partial charge in [0.05, 0.1) is 15.7 Å². The number of benzene rings is 1. The van der Waals surface area contributed by atoms with Crippen LogP contribution >= 0.6 is 23.2 Å². The third-order valence-corrected chi connectivity index (χ3v) is 4.83. The molecule has 0 aliphatic heterocycles. The standard InChI is InChI=1S/C14H12Cl2F3NO/c1-21-13(14(17,18)19)4-2-3-7-8-5-9(15)10(16)6-11(8)20-12(7)13/h5-6,20H,2-4H2,1H3. The van der Waals surface area contributed by atoms with Crippen LogP contribution in [-0.2, 0) is 16.8 Å². The lowest BCUT2D eigenvalue weighted by atomic mass is 9.82. The summed E-state index contributed by atoms with van der Waals surface area (Å²) in [5.41, 5.74) is -1.08. The molecule has 2 nitrogen and oxygen atoms in total. The number of hydrogen-bond acceptors (Lipinski definition) is 1. The molecule has 0 saturated heterocycles. The zero-order chi connectivity index (χ0) is 15.4. The molecule has 1 N–H and O–H groups in total. The summed E-state index contributed by atoms with van der Waals surface area (Å²) in [5, 5.41) is 1.30. The molecule has 114 valence electrons. The summed E-state index contributed by atoms with van der Waals surface area (Å²) in [6.45, 7) is 0. The Hall–Kier alpha value is -0.910. The average Bonchev–Trinajstić information content (AvgIpc) is 2.76. The van der Waals surface area contributed by atoms with Gasteiger partial charge in [0, 0.05) is 18.0 Å². The first kappa shape index (κ1) is 15.0. The second kappa shape index (κ2) is 4.80. The Morgan fingerprint density at radius 2 is 1.90 bits per heavy atom. The van der Waals surface area contributed by atoms with E-state index in [2.05, 4.69) is 4.98 Å². The van der Waals surface area contributed by atoms with Crippen molar-refractivity contribution in [3.8, 4) is 0 Å². The maximum atomic E-state index is 13.6. The van der Waals surface area contributed by atoms with E-state index in [4.69, 9.17) is 27.9 Å². The van der Waals surface area contributed by atoms with Crippen LogP contribution in [0.2, 0.25) is 10.0 Å². The predicted octanol–water partition coefficient (Wildman–Crippen LogP) is 5.22. The van der Waals surface area contributed by atoms with Crippen molar-refractivity contribution in [1.82, 2.24) is 4.98 Å². The lowest BCUT2D eigenvalue weighted by molar-refractivity contribution is -0.282. The summed E-state index contributed by atoms with van der Waals surface area (Å²) in [7, 11) is 1.09. The van der Waals surface area contributed by atoms with Gasteiger partial charge in [0.1, 0.15) is 0 Å². The van der Waals surface area contributed by atoms with Gasteiger partial charge in [-0.15, -0.1) is 0 Å². The van der Waals surface area contributed by atoms with Crippen LogP contribution < -0.4 is 0 Å². The molecule has 1 heterocycles. The third kappa shape index (κ3) is 2.05. The van der Waals surface area contributed by atoms with Crippen molar-refractivity contribution in [2.24, 2.45) is 0 Å². The molecule has 0 saturated carbocycles. The van der Waals surface area contributed by atoms with Gasteiger partial charge in [-0.2, -0.15) is 13.2 Å². The molecule has 0 amide bonds. The predicted molar refractivity (Wildman–Crippen MR) is 76.0 cm³/mol. The molecule has 0 spiro atoms. The fourth-order valence-corrected chi connectivity index (χ4v) is 3.42. The van der Waals surface area contributed by atoms with Crippen molar-refractivity contribution in [2.75, 3.05) is 7.11 Å². The molecule has 1 atom stereocenters. The van der Waals surface area contributed by atoms with E-state index in [0.717, 1.165) is 7.11 Å². The van der Waals surface area contributed by atoms with Crippen molar-refractivity contribution in [3.63, 3.8) is 0 Å². The molecule has 21 heavy (non-hydrogen) atoms. The molecule has 1 aromatic heterocycles. The number of hydrogen-bond donors (Lipinski definition) is 1. The van der Waals surface area contributed by atoms with Crippen molar-refractivity contribution < 1.29 is 17.9 Å². The molecule has 1 aromatic carbocycles. The highest BCUT2D eigenvalue weighted by molar-refractivity contribution is 6.42. The number of rotatable bonds is 1. The van der Waals surface area contributed by atoms with Gasteiger partial charge in [0.15, 0.2) is 0 Å². The van der Waals surface area contributed by atoms with E-state index in [1.165, 1.54) is 0 Å². The molecule has 0 fully saturated rings. The summed E-state index contributed by atoms with van der Waals surface area (Å²) >= 11 is 11.9. The number of H-pyrrole nitrogens is 1. The molecule has 0 bridgehead atoms. The zero-order valence-corrected chi connectivity index (χ0v) is 12.6. The van der Waals surface area contributed by atoms with Gasteiger partial charge < -0.3 is 9.72 Å². The van der Waals surface area contributed by atoms with Crippen LogP contribution in [0.15, 0.2) is 12.1 Å². The summed E-state index contributed by atoms with van der Waals surface area (Å²) in [6, 6.07) is 3.16. The van der Waals surface area contributed by atoms with Crippen molar-refractivity contribution >= 4 is 34.1 Å². The van der Waals surface area contributed by atoms with Crippen LogP contribution in [0.4, 0.5) is 13.2 Å². The van der Waals surface area contributed by atoms with Gasteiger partial charge >= 0.3 is 6.18 Å². The molecule has 0 radical (unpaired) electrons. The van der Waals surface area contributed by atoms with Gasteiger partial charge in [-0.1, -0.05) is 23.2 Å². The van der Waals surface area contributed by atoms with Gasteiger partial charge in [0.25, 0.3) is 0 Å². The lowest BCUT2D eigenvalue weighted by Crippen LogP contribution is -2.46. The van der Waals surface area contributed by atoms with Crippen LogP contribution in [0.1, 0.15) is 24.1 Å². The van der Waals surface area contributed by atoms with Crippen molar-refractivity contribution in [1.29, 1.82) is 0 Å².